The topological polar surface area (TPSA) is 69.0 Å². The van der Waals surface area contributed by atoms with Gasteiger partial charge in [0.15, 0.2) is 16.9 Å². The van der Waals surface area contributed by atoms with E-state index in [1.54, 1.807) is 43.3 Å². The highest BCUT2D eigenvalue weighted by Gasteiger charge is 2.44. The van der Waals surface area contributed by atoms with Crippen molar-refractivity contribution in [2.75, 3.05) is 18.1 Å². The zero-order valence-corrected chi connectivity index (χ0v) is 20.9. The summed E-state index contributed by atoms with van der Waals surface area (Å²) in [5, 5.41) is 0.281. The number of alkyl halides is 3. The number of carbonyl (C=O) groups excluding carboxylic acids is 1. The van der Waals surface area contributed by atoms with Crippen molar-refractivity contribution in [3.63, 3.8) is 0 Å². The minimum atomic E-state index is -4.62. The molecule has 196 valence electrons. The minimum Gasteiger partial charge on any atom is -0.490 e. The van der Waals surface area contributed by atoms with Crippen LogP contribution in [0.1, 0.15) is 52.7 Å². The second kappa shape index (κ2) is 9.55. The largest absolute Gasteiger partial charge is 0.490 e. The number of rotatable bonds is 6. The maximum Gasteiger partial charge on any atom is 0.416 e. The van der Waals surface area contributed by atoms with Crippen molar-refractivity contribution in [2.24, 2.45) is 0 Å². The highest BCUT2D eigenvalue weighted by molar-refractivity contribution is 6.10. The Labute approximate surface area is 216 Å². The van der Waals surface area contributed by atoms with E-state index in [-0.39, 0.29) is 28.0 Å². The third kappa shape index (κ3) is 4.27. The van der Waals surface area contributed by atoms with E-state index in [1.165, 1.54) is 17.0 Å². The van der Waals surface area contributed by atoms with Gasteiger partial charge in [0, 0.05) is 5.69 Å². The molecule has 2 heterocycles. The molecule has 0 fully saturated rings. The molecule has 1 unspecified atom stereocenters. The average Bonchev–Trinajstić information content (AvgIpc) is 3.18. The van der Waals surface area contributed by atoms with Crippen molar-refractivity contribution in [1.29, 1.82) is 0 Å². The molecule has 9 heteroatoms. The smallest absolute Gasteiger partial charge is 0.416 e. The van der Waals surface area contributed by atoms with Gasteiger partial charge in [-0.1, -0.05) is 23.8 Å². The van der Waals surface area contributed by atoms with Crippen molar-refractivity contribution < 1.29 is 31.9 Å². The molecule has 0 radical (unpaired) electrons. The molecule has 1 aromatic heterocycles. The minimum absolute atomic E-state index is 0.0206. The number of amides is 1. The lowest BCUT2D eigenvalue weighted by molar-refractivity contribution is -0.137. The number of hydrogen-bond donors (Lipinski definition) is 0. The molecule has 4 aromatic rings. The van der Waals surface area contributed by atoms with Crippen LogP contribution in [0, 0.1) is 6.92 Å². The van der Waals surface area contributed by atoms with Crippen LogP contribution in [0.2, 0.25) is 0 Å². The summed E-state index contributed by atoms with van der Waals surface area (Å²) >= 11 is 0. The quantitative estimate of drug-likeness (QED) is 0.282. The van der Waals surface area contributed by atoms with Gasteiger partial charge in [-0.05, 0) is 68.8 Å². The molecule has 1 amide bonds. The van der Waals surface area contributed by atoms with Crippen LogP contribution in [0.25, 0.3) is 11.0 Å². The first-order valence-electron chi connectivity index (χ1n) is 12.1. The predicted molar refractivity (Wildman–Crippen MR) is 136 cm³/mol. The highest BCUT2D eigenvalue weighted by Crippen LogP contribution is 2.44. The van der Waals surface area contributed by atoms with Crippen molar-refractivity contribution in [3.8, 4) is 11.5 Å². The summed E-state index contributed by atoms with van der Waals surface area (Å²) in [7, 11) is 0. The van der Waals surface area contributed by atoms with E-state index in [1.807, 2.05) is 13.8 Å². The van der Waals surface area contributed by atoms with Crippen LogP contribution >= 0.6 is 0 Å². The number of hydrogen-bond acceptors (Lipinski definition) is 5. The van der Waals surface area contributed by atoms with Gasteiger partial charge in [-0.15, -0.1) is 0 Å². The molecule has 0 aliphatic carbocycles. The lowest BCUT2D eigenvalue weighted by Crippen LogP contribution is -2.29. The molecule has 0 bridgehead atoms. The van der Waals surface area contributed by atoms with Gasteiger partial charge in [0.1, 0.15) is 5.58 Å². The summed E-state index contributed by atoms with van der Waals surface area (Å²) < 4.78 is 58.1. The Balaban J connectivity index is 1.78. The predicted octanol–water partition coefficient (Wildman–Crippen LogP) is 6.67. The van der Waals surface area contributed by atoms with Crippen molar-refractivity contribution in [3.05, 3.63) is 98.9 Å². The Morgan fingerprint density at radius 1 is 0.921 bits per heavy atom. The maximum atomic E-state index is 13.8. The first kappa shape index (κ1) is 25.4. The molecule has 0 N–H and O–H groups in total. The summed E-state index contributed by atoms with van der Waals surface area (Å²) in [4.78, 5) is 28.7. The molecule has 1 aliphatic rings. The molecule has 0 spiro atoms. The number of benzene rings is 3. The summed E-state index contributed by atoms with van der Waals surface area (Å²) in [6.07, 6.45) is -4.62. The van der Waals surface area contributed by atoms with Crippen LogP contribution < -0.4 is 19.8 Å². The van der Waals surface area contributed by atoms with Gasteiger partial charge in [0.25, 0.3) is 5.91 Å². The molecule has 1 aliphatic heterocycles. The molecule has 6 nitrogen and oxygen atoms in total. The van der Waals surface area contributed by atoms with Crippen LogP contribution in [-0.2, 0) is 6.18 Å². The Bertz CT molecular complexity index is 1610. The van der Waals surface area contributed by atoms with E-state index in [4.69, 9.17) is 13.9 Å². The summed E-state index contributed by atoms with van der Waals surface area (Å²) in [6, 6.07) is 13.4. The summed E-state index contributed by atoms with van der Waals surface area (Å²) in [5.74, 6) is -0.0662. The van der Waals surface area contributed by atoms with Gasteiger partial charge in [0.2, 0.25) is 5.76 Å². The Hall–Kier alpha value is -4.27. The zero-order chi connectivity index (χ0) is 27.2. The van der Waals surface area contributed by atoms with E-state index in [0.29, 0.717) is 30.3 Å². The van der Waals surface area contributed by atoms with Crippen LogP contribution in [0.3, 0.4) is 0 Å². The summed E-state index contributed by atoms with van der Waals surface area (Å²) in [5.41, 5.74) is 0.188. The van der Waals surface area contributed by atoms with Crippen LogP contribution in [0.4, 0.5) is 18.9 Å². The number of anilines is 1. The molecular formula is C29H24F3NO5. The van der Waals surface area contributed by atoms with E-state index >= 15 is 0 Å². The van der Waals surface area contributed by atoms with Gasteiger partial charge in [-0.25, -0.2) is 0 Å². The first-order chi connectivity index (χ1) is 18.1. The third-order valence-electron chi connectivity index (χ3n) is 6.36. The SMILES string of the molecule is CCOc1ccc(C2c3c(oc4ccc(C)cc4c3=O)C(=O)N2c2cccc(C(F)(F)F)c2)cc1OCC. The fraction of sp³-hybridized carbons (Fsp3) is 0.241. The van der Waals surface area contributed by atoms with Crippen molar-refractivity contribution >= 4 is 22.6 Å². The van der Waals surface area contributed by atoms with E-state index in [0.717, 1.165) is 17.7 Å². The summed E-state index contributed by atoms with van der Waals surface area (Å²) in [6.45, 7) is 6.16. The van der Waals surface area contributed by atoms with Gasteiger partial charge in [0.05, 0.1) is 35.8 Å². The number of nitrogens with zero attached hydrogens (tertiary/aromatic N) is 1. The van der Waals surface area contributed by atoms with E-state index < -0.39 is 29.1 Å². The maximum absolute atomic E-state index is 13.8. The Kier molecular flexibility index (Phi) is 6.38. The highest BCUT2D eigenvalue weighted by atomic mass is 19.4. The number of carbonyl (C=O) groups is 1. The number of halogens is 3. The fourth-order valence-corrected chi connectivity index (χ4v) is 4.74. The average molecular weight is 524 g/mol. The second-order valence-electron chi connectivity index (χ2n) is 8.87. The molecule has 5 rings (SSSR count). The lowest BCUT2D eigenvalue weighted by atomic mass is 9.97. The molecule has 0 saturated carbocycles. The van der Waals surface area contributed by atoms with Crippen molar-refractivity contribution in [1.82, 2.24) is 0 Å². The van der Waals surface area contributed by atoms with Gasteiger partial charge >= 0.3 is 6.18 Å². The number of ether oxygens (including phenoxy) is 2. The van der Waals surface area contributed by atoms with Crippen LogP contribution in [0.5, 0.6) is 11.5 Å². The van der Waals surface area contributed by atoms with Gasteiger partial charge in [-0.2, -0.15) is 13.2 Å². The third-order valence-corrected chi connectivity index (χ3v) is 6.36. The van der Waals surface area contributed by atoms with Crippen LogP contribution in [0.15, 0.2) is 69.9 Å². The van der Waals surface area contributed by atoms with E-state index in [9.17, 15) is 22.8 Å². The monoisotopic (exact) mass is 523 g/mol. The second-order valence-corrected chi connectivity index (χ2v) is 8.87. The number of aryl methyl sites for hydroxylation is 1. The molecule has 3 aromatic carbocycles. The molecule has 1 atom stereocenters. The fourth-order valence-electron chi connectivity index (χ4n) is 4.74. The van der Waals surface area contributed by atoms with Gasteiger partial charge in [-0.3, -0.25) is 14.5 Å². The normalized spacial score (nSPS) is 15.2. The standard InChI is InChI=1S/C29H24F3NO5/c1-4-36-22-12-10-17(14-23(22)37-5-2)25-24-26(34)20-13-16(3)9-11-21(20)38-27(24)28(35)33(25)19-8-6-7-18(15-19)29(30,31)32/h6-15,25H,4-5H2,1-3H3. The van der Waals surface area contributed by atoms with Gasteiger partial charge < -0.3 is 13.9 Å². The Morgan fingerprint density at radius 3 is 2.37 bits per heavy atom. The van der Waals surface area contributed by atoms with Crippen LogP contribution in [-0.4, -0.2) is 19.1 Å². The molecule has 38 heavy (non-hydrogen) atoms. The molecule has 0 saturated heterocycles. The number of fused-ring (bicyclic) bond motifs is 2. The Morgan fingerprint density at radius 2 is 1.66 bits per heavy atom. The van der Waals surface area contributed by atoms with Crippen molar-refractivity contribution in [2.45, 2.75) is 33.0 Å². The first-order valence-corrected chi connectivity index (χ1v) is 12.1. The van der Waals surface area contributed by atoms with E-state index in [2.05, 4.69) is 0 Å². The zero-order valence-electron chi connectivity index (χ0n) is 20.9. The molecular weight excluding hydrogens is 499 g/mol. The lowest BCUT2D eigenvalue weighted by Gasteiger charge is -2.26.